The molecule has 2 heterocycles. The lowest BCUT2D eigenvalue weighted by Gasteiger charge is -2.44. The molecule has 1 saturated heterocycles. The summed E-state index contributed by atoms with van der Waals surface area (Å²) in [7, 11) is 0. The molecule has 1 N–H and O–H groups in total. The van der Waals surface area contributed by atoms with Crippen LogP contribution in [0.15, 0.2) is 11.6 Å². The Hall–Kier alpha value is -0.450. The highest BCUT2D eigenvalue weighted by Crippen LogP contribution is 2.18. The van der Waals surface area contributed by atoms with Gasteiger partial charge in [0.25, 0.3) is 0 Å². The lowest BCUT2D eigenvalue weighted by atomic mass is 9.97. The van der Waals surface area contributed by atoms with Gasteiger partial charge >= 0.3 is 0 Å². The first-order valence-corrected chi connectivity index (χ1v) is 7.36. The van der Waals surface area contributed by atoms with E-state index in [-0.39, 0.29) is 5.54 Å². The Balaban J connectivity index is 1.91. The molecule has 1 aliphatic rings. The molecule has 1 atom stereocenters. The second-order valence-electron chi connectivity index (χ2n) is 5.47. The third-order valence-electron chi connectivity index (χ3n) is 3.50. The largest absolute Gasteiger partial charge is 0.309 e. The molecule has 2 rings (SSSR count). The van der Waals surface area contributed by atoms with E-state index >= 15 is 0 Å². The predicted octanol–water partition coefficient (Wildman–Crippen LogP) is 2.15. The molecule has 0 radical (unpaired) electrons. The summed E-state index contributed by atoms with van der Waals surface area (Å²) in [5.74, 6) is 0. The fraction of sp³-hybridized carbons (Fsp3) is 0.769. The Morgan fingerprint density at radius 1 is 1.59 bits per heavy atom. The van der Waals surface area contributed by atoms with Crippen molar-refractivity contribution >= 4 is 11.3 Å². The normalized spacial score (nSPS) is 25.0. The third-order valence-corrected chi connectivity index (χ3v) is 4.34. The maximum Gasteiger partial charge on any atom is 0.0937 e. The fourth-order valence-electron chi connectivity index (χ4n) is 2.50. The third kappa shape index (κ3) is 3.50. The standard InChI is InChI=1S/C13H23N3S/c1-4-11-9-15-13(2,3)10-16(11)7-5-12-14-6-8-17-12/h6,8,11,15H,4-5,7,9-10H2,1-3H3. The zero-order valence-electron chi connectivity index (χ0n) is 11.1. The fourth-order valence-corrected chi connectivity index (χ4v) is 3.11. The Labute approximate surface area is 108 Å². The highest BCUT2D eigenvalue weighted by molar-refractivity contribution is 7.09. The molecule has 0 saturated carbocycles. The van der Waals surface area contributed by atoms with Gasteiger partial charge in [0, 0.05) is 49.2 Å². The van der Waals surface area contributed by atoms with Crippen LogP contribution in [-0.2, 0) is 6.42 Å². The number of hydrogen-bond acceptors (Lipinski definition) is 4. The molecular weight excluding hydrogens is 230 g/mol. The molecule has 0 aromatic carbocycles. The van der Waals surface area contributed by atoms with Crippen LogP contribution in [0.25, 0.3) is 0 Å². The van der Waals surface area contributed by atoms with Crippen LogP contribution in [-0.4, -0.2) is 41.1 Å². The average molecular weight is 253 g/mol. The van der Waals surface area contributed by atoms with E-state index in [4.69, 9.17) is 0 Å². The van der Waals surface area contributed by atoms with Gasteiger partial charge in [-0.05, 0) is 20.3 Å². The van der Waals surface area contributed by atoms with Crippen molar-refractivity contribution < 1.29 is 0 Å². The molecule has 1 fully saturated rings. The maximum atomic E-state index is 4.36. The van der Waals surface area contributed by atoms with Crippen LogP contribution < -0.4 is 5.32 Å². The molecule has 3 nitrogen and oxygen atoms in total. The van der Waals surface area contributed by atoms with Gasteiger partial charge in [-0.3, -0.25) is 4.90 Å². The summed E-state index contributed by atoms with van der Waals surface area (Å²) in [6.07, 6.45) is 4.21. The number of nitrogens with zero attached hydrogens (tertiary/aromatic N) is 2. The minimum Gasteiger partial charge on any atom is -0.309 e. The smallest absolute Gasteiger partial charge is 0.0937 e. The van der Waals surface area contributed by atoms with Gasteiger partial charge < -0.3 is 5.32 Å². The van der Waals surface area contributed by atoms with Crippen molar-refractivity contribution in [3.8, 4) is 0 Å². The SMILES string of the molecule is CCC1CNC(C)(C)CN1CCc1nccs1. The second kappa shape index (κ2) is 5.46. The van der Waals surface area contributed by atoms with E-state index in [0.717, 1.165) is 26.1 Å². The summed E-state index contributed by atoms with van der Waals surface area (Å²) in [4.78, 5) is 6.99. The Morgan fingerprint density at radius 3 is 3.06 bits per heavy atom. The van der Waals surface area contributed by atoms with E-state index in [1.54, 1.807) is 11.3 Å². The van der Waals surface area contributed by atoms with Crippen molar-refractivity contribution in [1.29, 1.82) is 0 Å². The molecule has 0 spiro atoms. The lowest BCUT2D eigenvalue weighted by Crippen LogP contribution is -2.61. The van der Waals surface area contributed by atoms with Crippen molar-refractivity contribution in [2.24, 2.45) is 0 Å². The van der Waals surface area contributed by atoms with Crippen molar-refractivity contribution in [1.82, 2.24) is 15.2 Å². The van der Waals surface area contributed by atoms with E-state index in [1.807, 2.05) is 6.20 Å². The van der Waals surface area contributed by atoms with Gasteiger partial charge in [0.2, 0.25) is 0 Å². The summed E-state index contributed by atoms with van der Waals surface area (Å²) in [5.41, 5.74) is 0.245. The number of rotatable bonds is 4. The highest BCUT2D eigenvalue weighted by Gasteiger charge is 2.31. The number of piperazine rings is 1. The van der Waals surface area contributed by atoms with Crippen LogP contribution in [0.1, 0.15) is 32.2 Å². The summed E-state index contributed by atoms with van der Waals surface area (Å²) in [5, 5.41) is 6.95. The molecule has 0 aliphatic carbocycles. The monoisotopic (exact) mass is 253 g/mol. The van der Waals surface area contributed by atoms with E-state index in [1.165, 1.54) is 11.4 Å². The van der Waals surface area contributed by atoms with Gasteiger partial charge in [-0.15, -0.1) is 11.3 Å². The molecule has 17 heavy (non-hydrogen) atoms. The van der Waals surface area contributed by atoms with Crippen LogP contribution in [0.2, 0.25) is 0 Å². The van der Waals surface area contributed by atoms with Crippen LogP contribution in [0, 0.1) is 0 Å². The first-order chi connectivity index (χ1) is 8.11. The molecular formula is C13H23N3S. The molecule has 0 amide bonds. The molecule has 1 aromatic rings. The minimum atomic E-state index is 0.245. The topological polar surface area (TPSA) is 28.2 Å². The van der Waals surface area contributed by atoms with Crippen LogP contribution >= 0.6 is 11.3 Å². The highest BCUT2D eigenvalue weighted by atomic mass is 32.1. The predicted molar refractivity (Wildman–Crippen MR) is 73.6 cm³/mol. The zero-order chi connectivity index (χ0) is 12.3. The van der Waals surface area contributed by atoms with Gasteiger partial charge in [0.15, 0.2) is 0 Å². The van der Waals surface area contributed by atoms with Gasteiger partial charge in [-0.25, -0.2) is 4.98 Å². The van der Waals surface area contributed by atoms with Crippen LogP contribution in [0.3, 0.4) is 0 Å². The molecule has 0 bridgehead atoms. The van der Waals surface area contributed by atoms with E-state index in [9.17, 15) is 0 Å². The quantitative estimate of drug-likeness (QED) is 0.891. The van der Waals surface area contributed by atoms with Gasteiger partial charge in [0.05, 0.1) is 5.01 Å². The molecule has 1 aliphatic heterocycles. The van der Waals surface area contributed by atoms with Crippen molar-refractivity contribution in [2.45, 2.75) is 45.2 Å². The number of hydrogen-bond donors (Lipinski definition) is 1. The Morgan fingerprint density at radius 2 is 2.41 bits per heavy atom. The molecule has 96 valence electrons. The number of nitrogens with one attached hydrogen (secondary N) is 1. The first-order valence-electron chi connectivity index (χ1n) is 6.48. The summed E-state index contributed by atoms with van der Waals surface area (Å²) in [6, 6.07) is 0.683. The van der Waals surface area contributed by atoms with Gasteiger partial charge in [0.1, 0.15) is 0 Å². The Kier molecular flexibility index (Phi) is 4.17. The van der Waals surface area contributed by atoms with Crippen molar-refractivity contribution in [3.05, 3.63) is 16.6 Å². The first kappa shape index (κ1) is 13.0. The molecule has 1 aromatic heterocycles. The average Bonchev–Trinajstić information content (AvgIpc) is 2.78. The summed E-state index contributed by atoms with van der Waals surface area (Å²) in [6.45, 7) is 10.2. The zero-order valence-corrected chi connectivity index (χ0v) is 11.9. The molecule has 1 unspecified atom stereocenters. The van der Waals surface area contributed by atoms with Gasteiger partial charge in [-0.2, -0.15) is 0 Å². The lowest BCUT2D eigenvalue weighted by molar-refractivity contribution is 0.0939. The Bertz CT molecular complexity index is 334. The van der Waals surface area contributed by atoms with Crippen molar-refractivity contribution in [3.63, 3.8) is 0 Å². The maximum absolute atomic E-state index is 4.36. The van der Waals surface area contributed by atoms with Gasteiger partial charge in [-0.1, -0.05) is 6.92 Å². The molecule has 4 heteroatoms. The number of thiazole rings is 1. The summed E-state index contributed by atoms with van der Waals surface area (Å²) < 4.78 is 0. The second-order valence-corrected chi connectivity index (χ2v) is 6.45. The summed E-state index contributed by atoms with van der Waals surface area (Å²) >= 11 is 1.77. The van der Waals surface area contributed by atoms with Crippen LogP contribution in [0.5, 0.6) is 0 Å². The minimum absolute atomic E-state index is 0.245. The van der Waals surface area contributed by atoms with Crippen LogP contribution in [0.4, 0.5) is 0 Å². The number of aromatic nitrogens is 1. The van der Waals surface area contributed by atoms with E-state index in [2.05, 4.69) is 41.4 Å². The van der Waals surface area contributed by atoms with Crippen molar-refractivity contribution in [2.75, 3.05) is 19.6 Å². The van der Waals surface area contributed by atoms with E-state index < -0.39 is 0 Å². The van der Waals surface area contributed by atoms with E-state index in [0.29, 0.717) is 6.04 Å².